The lowest BCUT2D eigenvalue weighted by molar-refractivity contribution is -0.0405. The molecule has 1 atom stereocenters. The van der Waals surface area contributed by atoms with Crippen molar-refractivity contribution in [1.82, 2.24) is 0 Å². The van der Waals surface area contributed by atoms with E-state index in [0.717, 1.165) is 30.2 Å². The van der Waals surface area contributed by atoms with E-state index >= 15 is 0 Å². The predicted octanol–water partition coefficient (Wildman–Crippen LogP) is 2.45. The molecule has 15 heavy (non-hydrogen) atoms. The molecular formula is C12H15ClO2. The molecule has 1 saturated heterocycles. The van der Waals surface area contributed by atoms with Gasteiger partial charge in [-0.15, -0.1) is 0 Å². The van der Waals surface area contributed by atoms with Crippen LogP contribution in [0, 0.1) is 5.92 Å². The van der Waals surface area contributed by atoms with E-state index in [1.165, 1.54) is 0 Å². The Kier molecular flexibility index (Phi) is 3.62. The molecule has 1 aromatic carbocycles. The Labute approximate surface area is 94.8 Å². The van der Waals surface area contributed by atoms with Crippen LogP contribution in [0.1, 0.15) is 17.9 Å². The third-order valence-electron chi connectivity index (χ3n) is 2.89. The highest BCUT2D eigenvalue weighted by atomic mass is 35.5. The van der Waals surface area contributed by atoms with Gasteiger partial charge in [-0.25, -0.2) is 0 Å². The van der Waals surface area contributed by atoms with Gasteiger partial charge in [0.1, 0.15) is 0 Å². The summed E-state index contributed by atoms with van der Waals surface area (Å²) in [6.07, 6.45) is 0.998. The summed E-state index contributed by atoms with van der Waals surface area (Å²) in [7, 11) is 0. The molecule has 0 bridgehead atoms. The lowest BCUT2D eigenvalue weighted by Gasteiger charge is -2.29. The van der Waals surface area contributed by atoms with Crippen molar-refractivity contribution in [2.75, 3.05) is 19.8 Å². The SMILES string of the molecule is OCC(CC1COC1)c1ccc(Cl)cc1. The zero-order chi connectivity index (χ0) is 10.7. The molecular weight excluding hydrogens is 212 g/mol. The molecule has 3 heteroatoms. The van der Waals surface area contributed by atoms with E-state index in [-0.39, 0.29) is 12.5 Å². The molecule has 82 valence electrons. The molecule has 0 radical (unpaired) electrons. The first-order valence-electron chi connectivity index (χ1n) is 5.23. The summed E-state index contributed by atoms with van der Waals surface area (Å²) in [5.41, 5.74) is 1.16. The van der Waals surface area contributed by atoms with Crippen LogP contribution < -0.4 is 0 Å². The second-order valence-corrected chi connectivity index (χ2v) is 4.51. The lowest BCUT2D eigenvalue weighted by atomic mass is 9.88. The maximum absolute atomic E-state index is 9.34. The Morgan fingerprint density at radius 3 is 2.47 bits per heavy atom. The smallest absolute Gasteiger partial charge is 0.0516 e. The van der Waals surface area contributed by atoms with Crippen LogP contribution >= 0.6 is 11.6 Å². The Morgan fingerprint density at radius 2 is 2.00 bits per heavy atom. The van der Waals surface area contributed by atoms with Gasteiger partial charge in [-0.05, 0) is 24.1 Å². The summed E-state index contributed by atoms with van der Waals surface area (Å²) in [5, 5.41) is 10.1. The van der Waals surface area contributed by atoms with Crippen LogP contribution in [0.15, 0.2) is 24.3 Å². The first kappa shape index (κ1) is 10.9. The van der Waals surface area contributed by atoms with Crippen LogP contribution in [0.3, 0.4) is 0 Å². The Morgan fingerprint density at radius 1 is 1.33 bits per heavy atom. The number of aliphatic hydroxyl groups is 1. The minimum absolute atomic E-state index is 0.193. The third-order valence-corrected chi connectivity index (χ3v) is 3.14. The summed E-state index contributed by atoms with van der Waals surface area (Å²) in [4.78, 5) is 0. The summed E-state index contributed by atoms with van der Waals surface area (Å²) >= 11 is 5.82. The van der Waals surface area contributed by atoms with E-state index in [1.807, 2.05) is 24.3 Å². The minimum Gasteiger partial charge on any atom is -0.396 e. The summed E-state index contributed by atoms with van der Waals surface area (Å²) < 4.78 is 5.13. The second kappa shape index (κ2) is 4.97. The fraction of sp³-hybridized carbons (Fsp3) is 0.500. The average Bonchev–Trinajstić information content (AvgIpc) is 2.19. The Bertz CT molecular complexity index is 306. The van der Waals surface area contributed by atoms with Gasteiger partial charge in [0.15, 0.2) is 0 Å². The molecule has 1 aliphatic heterocycles. The fourth-order valence-electron chi connectivity index (χ4n) is 1.87. The van der Waals surface area contributed by atoms with Gasteiger partial charge in [0, 0.05) is 23.5 Å². The number of hydrogen-bond acceptors (Lipinski definition) is 2. The van der Waals surface area contributed by atoms with Crippen molar-refractivity contribution >= 4 is 11.6 Å². The maximum Gasteiger partial charge on any atom is 0.0516 e. The van der Waals surface area contributed by atoms with E-state index in [1.54, 1.807) is 0 Å². The van der Waals surface area contributed by atoms with Crippen LogP contribution in [-0.2, 0) is 4.74 Å². The number of halogens is 1. The fourth-order valence-corrected chi connectivity index (χ4v) is 2.00. The van der Waals surface area contributed by atoms with Crippen LogP contribution in [0.4, 0.5) is 0 Å². The van der Waals surface area contributed by atoms with E-state index < -0.39 is 0 Å². The highest BCUT2D eigenvalue weighted by Gasteiger charge is 2.23. The molecule has 1 heterocycles. The van der Waals surface area contributed by atoms with Crippen molar-refractivity contribution in [3.05, 3.63) is 34.9 Å². The zero-order valence-corrected chi connectivity index (χ0v) is 9.28. The molecule has 1 fully saturated rings. The van der Waals surface area contributed by atoms with Gasteiger partial charge in [0.25, 0.3) is 0 Å². The van der Waals surface area contributed by atoms with E-state index in [4.69, 9.17) is 16.3 Å². The van der Waals surface area contributed by atoms with Gasteiger partial charge < -0.3 is 9.84 Å². The highest BCUT2D eigenvalue weighted by Crippen LogP contribution is 2.28. The topological polar surface area (TPSA) is 29.5 Å². The standard InChI is InChI=1S/C12H15ClO2/c13-12-3-1-10(2-4-12)11(6-14)5-9-7-15-8-9/h1-4,9,11,14H,5-8H2. The number of hydrogen-bond donors (Lipinski definition) is 1. The number of ether oxygens (including phenoxy) is 1. The second-order valence-electron chi connectivity index (χ2n) is 4.07. The van der Waals surface area contributed by atoms with Crippen molar-refractivity contribution in [1.29, 1.82) is 0 Å². The van der Waals surface area contributed by atoms with E-state index in [2.05, 4.69) is 0 Å². The van der Waals surface area contributed by atoms with Gasteiger partial charge in [-0.3, -0.25) is 0 Å². The van der Waals surface area contributed by atoms with Gasteiger partial charge in [-0.1, -0.05) is 23.7 Å². The molecule has 0 aliphatic carbocycles. The number of benzene rings is 1. The Hall–Kier alpha value is -0.570. The van der Waals surface area contributed by atoms with Gasteiger partial charge in [0.05, 0.1) is 13.2 Å². The van der Waals surface area contributed by atoms with Crippen molar-refractivity contribution in [3.63, 3.8) is 0 Å². The zero-order valence-electron chi connectivity index (χ0n) is 8.53. The normalized spacial score (nSPS) is 18.5. The molecule has 0 amide bonds. The van der Waals surface area contributed by atoms with Gasteiger partial charge >= 0.3 is 0 Å². The molecule has 1 unspecified atom stereocenters. The van der Waals surface area contributed by atoms with Crippen molar-refractivity contribution in [2.24, 2.45) is 5.92 Å². The van der Waals surface area contributed by atoms with Crippen LogP contribution in [0.5, 0.6) is 0 Å². The predicted molar refractivity (Wildman–Crippen MR) is 60.2 cm³/mol. The molecule has 0 saturated carbocycles. The minimum atomic E-state index is 0.193. The Balaban J connectivity index is 2.01. The molecule has 0 spiro atoms. The molecule has 1 N–H and O–H groups in total. The number of rotatable bonds is 4. The molecule has 1 aliphatic rings. The summed E-state index contributed by atoms with van der Waals surface area (Å²) in [6.45, 7) is 1.87. The first-order chi connectivity index (χ1) is 7.29. The largest absolute Gasteiger partial charge is 0.396 e. The summed E-state index contributed by atoms with van der Waals surface area (Å²) in [6, 6.07) is 7.72. The van der Waals surface area contributed by atoms with Crippen LogP contribution in [-0.4, -0.2) is 24.9 Å². The maximum atomic E-state index is 9.34. The highest BCUT2D eigenvalue weighted by molar-refractivity contribution is 6.30. The van der Waals surface area contributed by atoms with E-state index in [9.17, 15) is 5.11 Å². The van der Waals surface area contributed by atoms with Crippen molar-refractivity contribution < 1.29 is 9.84 Å². The number of aliphatic hydroxyl groups excluding tert-OH is 1. The van der Waals surface area contributed by atoms with Crippen LogP contribution in [0.25, 0.3) is 0 Å². The van der Waals surface area contributed by atoms with Crippen molar-refractivity contribution in [2.45, 2.75) is 12.3 Å². The lowest BCUT2D eigenvalue weighted by Crippen LogP contribution is -2.29. The monoisotopic (exact) mass is 226 g/mol. The quantitative estimate of drug-likeness (QED) is 0.855. The van der Waals surface area contributed by atoms with E-state index in [0.29, 0.717) is 5.92 Å². The van der Waals surface area contributed by atoms with Gasteiger partial charge in [-0.2, -0.15) is 0 Å². The summed E-state index contributed by atoms with van der Waals surface area (Å²) in [5.74, 6) is 0.828. The van der Waals surface area contributed by atoms with Gasteiger partial charge in [0.2, 0.25) is 0 Å². The molecule has 0 aromatic heterocycles. The van der Waals surface area contributed by atoms with Crippen LogP contribution in [0.2, 0.25) is 5.02 Å². The molecule has 1 aromatic rings. The first-order valence-corrected chi connectivity index (χ1v) is 5.61. The molecule has 2 nitrogen and oxygen atoms in total. The van der Waals surface area contributed by atoms with Crippen molar-refractivity contribution in [3.8, 4) is 0 Å². The average molecular weight is 227 g/mol. The molecule has 2 rings (SSSR count). The third kappa shape index (κ3) is 2.71.